The van der Waals surface area contributed by atoms with E-state index in [0.29, 0.717) is 0 Å². The van der Waals surface area contributed by atoms with E-state index in [0.717, 1.165) is 12.8 Å². The van der Waals surface area contributed by atoms with Gasteiger partial charge in [-0.05, 0) is 33.3 Å². The molecule has 0 aromatic heterocycles. The summed E-state index contributed by atoms with van der Waals surface area (Å²) in [4.78, 5) is 22.2. The molecule has 0 aromatic carbocycles. The zero-order valence-electron chi connectivity index (χ0n) is 9.79. The molecule has 0 spiro atoms. The van der Waals surface area contributed by atoms with Crippen molar-refractivity contribution < 1.29 is 14.3 Å². The molecule has 0 heterocycles. The van der Waals surface area contributed by atoms with Gasteiger partial charge in [-0.15, -0.1) is 0 Å². The highest BCUT2D eigenvalue weighted by Gasteiger charge is 2.16. The molecule has 0 atom stereocenters. The number of amides is 2. The number of alkyl carbamates (subject to hydrolysis) is 1. The lowest BCUT2D eigenvalue weighted by Crippen LogP contribution is -2.35. The summed E-state index contributed by atoms with van der Waals surface area (Å²) in [7, 11) is 0. The van der Waals surface area contributed by atoms with Gasteiger partial charge in [0.25, 0.3) is 5.91 Å². The number of ether oxygens (including phenoxy) is 1. The molecule has 0 aliphatic carbocycles. The highest BCUT2D eigenvalue weighted by Crippen LogP contribution is 2.06. The first-order valence-electron chi connectivity index (χ1n) is 5.05. The van der Waals surface area contributed by atoms with Gasteiger partial charge in [-0.25, -0.2) is 4.79 Å². The number of imide groups is 1. The molecule has 0 rings (SSSR count). The van der Waals surface area contributed by atoms with Crippen LogP contribution in [0, 0.1) is 0 Å². The van der Waals surface area contributed by atoms with Gasteiger partial charge in [0.05, 0.1) is 0 Å². The second-order valence-electron chi connectivity index (χ2n) is 4.18. The first-order valence-corrected chi connectivity index (χ1v) is 5.05. The van der Waals surface area contributed by atoms with Gasteiger partial charge in [-0.3, -0.25) is 10.1 Å². The van der Waals surface area contributed by atoms with E-state index >= 15 is 0 Å². The fraction of sp³-hybridized carbons (Fsp3) is 0.636. The third-order valence-electron chi connectivity index (χ3n) is 1.35. The molecule has 86 valence electrons. The summed E-state index contributed by atoms with van der Waals surface area (Å²) < 4.78 is 4.91. The van der Waals surface area contributed by atoms with E-state index in [1.807, 2.05) is 6.92 Å². The van der Waals surface area contributed by atoms with Gasteiger partial charge in [0, 0.05) is 0 Å². The topological polar surface area (TPSA) is 55.4 Å². The fourth-order valence-corrected chi connectivity index (χ4v) is 0.803. The van der Waals surface area contributed by atoms with Crippen LogP contribution >= 0.6 is 0 Å². The van der Waals surface area contributed by atoms with Crippen molar-refractivity contribution in [3.8, 4) is 0 Å². The van der Waals surface area contributed by atoms with Gasteiger partial charge >= 0.3 is 6.09 Å². The Morgan fingerprint density at radius 3 is 2.40 bits per heavy atom. The Morgan fingerprint density at radius 1 is 1.33 bits per heavy atom. The van der Waals surface area contributed by atoms with Crippen LogP contribution < -0.4 is 5.32 Å². The SMILES string of the molecule is CCCC=CC(=O)NC(=O)OC(C)(C)C. The van der Waals surface area contributed by atoms with Gasteiger partial charge in [-0.2, -0.15) is 0 Å². The summed E-state index contributed by atoms with van der Waals surface area (Å²) in [5.41, 5.74) is -0.586. The van der Waals surface area contributed by atoms with E-state index in [-0.39, 0.29) is 0 Å². The van der Waals surface area contributed by atoms with Gasteiger partial charge in [-0.1, -0.05) is 19.4 Å². The Morgan fingerprint density at radius 2 is 1.93 bits per heavy atom. The summed E-state index contributed by atoms with van der Waals surface area (Å²) in [6, 6.07) is 0. The molecule has 0 aromatic rings. The van der Waals surface area contributed by atoms with Gasteiger partial charge < -0.3 is 4.74 Å². The molecule has 15 heavy (non-hydrogen) atoms. The van der Waals surface area contributed by atoms with Crippen LogP contribution in [0.15, 0.2) is 12.2 Å². The number of nitrogens with one attached hydrogen (secondary N) is 1. The van der Waals surface area contributed by atoms with Crippen LogP contribution in [0.1, 0.15) is 40.5 Å². The first kappa shape index (κ1) is 13.7. The highest BCUT2D eigenvalue weighted by molar-refractivity contribution is 5.98. The summed E-state index contributed by atoms with van der Waals surface area (Å²) in [6.07, 6.45) is 4.14. The molecule has 4 nitrogen and oxygen atoms in total. The zero-order valence-corrected chi connectivity index (χ0v) is 9.79. The Balaban J connectivity index is 3.92. The summed E-state index contributed by atoms with van der Waals surface area (Å²) in [6.45, 7) is 7.23. The molecule has 0 radical (unpaired) electrons. The van der Waals surface area contributed by atoms with Crippen molar-refractivity contribution in [2.75, 3.05) is 0 Å². The normalized spacial score (nSPS) is 11.5. The summed E-state index contributed by atoms with van der Waals surface area (Å²) in [5.74, 6) is -0.447. The summed E-state index contributed by atoms with van der Waals surface area (Å²) in [5, 5.41) is 2.11. The molecular formula is C11H19NO3. The van der Waals surface area contributed by atoms with Crippen LogP contribution in [0.5, 0.6) is 0 Å². The predicted octanol–water partition coefficient (Wildman–Crippen LogP) is 2.39. The first-order chi connectivity index (χ1) is 6.85. The monoisotopic (exact) mass is 213 g/mol. The Labute approximate surface area is 90.7 Å². The van der Waals surface area contributed by atoms with Crippen molar-refractivity contribution in [2.24, 2.45) is 0 Å². The van der Waals surface area contributed by atoms with E-state index in [4.69, 9.17) is 4.74 Å². The number of unbranched alkanes of at least 4 members (excludes halogenated alkanes) is 1. The van der Waals surface area contributed by atoms with Crippen LogP contribution in [-0.4, -0.2) is 17.6 Å². The predicted molar refractivity (Wildman–Crippen MR) is 58.4 cm³/mol. The second kappa shape index (κ2) is 6.22. The highest BCUT2D eigenvalue weighted by atomic mass is 16.6. The van der Waals surface area contributed by atoms with E-state index in [2.05, 4.69) is 5.32 Å². The van der Waals surface area contributed by atoms with Crippen molar-refractivity contribution in [2.45, 2.75) is 46.1 Å². The molecule has 0 bridgehead atoms. The molecule has 0 saturated carbocycles. The van der Waals surface area contributed by atoms with Crippen molar-refractivity contribution >= 4 is 12.0 Å². The molecule has 4 heteroatoms. The lowest BCUT2D eigenvalue weighted by atomic mass is 10.2. The van der Waals surface area contributed by atoms with Crippen molar-refractivity contribution in [3.63, 3.8) is 0 Å². The van der Waals surface area contributed by atoms with Crippen LogP contribution in [0.25, 0.3) is 0 Å². The molecule has 0 aliphatic rings. The summed E-state index contributed by atoms with van der Waals surface area (Å²) >= 11 is 0. The Bertz CT molecular complexity index is 251. The third-order valence-corrected chi connectivity index (χ3v) is 1.35. The molecule has 0 unspecified atom stereocenters. The van der Waals surface area contributed by atoms with Crippen molar-refractivity contribution in [1.29, 1.82) is 0 Å². The molecule has 0 fully saturated rings. The maximum absolute atomic E-state index is 11.1. The van der Waals surface area contributed by atoms with E-state index < -0.39 is 17.6 Å². The van der Waals surface area contributed by atoms with Crippen LogP contribution in [0.3, 0.4) is 0 Å². The molecule has 0 saturated heterocycles. The molecular weight excluding hydrogens is 194 g/mol. The van der Waals surface area contributed by atoms with Gasteiger partial charge in [0.1, 0.15) is 5.60 Å². The Kier molecular flexibility index (Phi) is 5.67. The number of hydrogen-bond donors (Lipinski definition) is 1. The van der Waals surface area contributed by atoms with Crippen LogP contribution in [0.4, 0.5) is 4.79 Å². The Hall–Kier alpha value is -1.32. The molecule has 2 amide bonds. The lowest BCUT2D eigenvalue weighted by molar-refractivity contribution is -0.116. The largest absolute Gasteiger partial charge is 0.444 e. The maximum atomic E-state index is 11.1. The maximum Gasteiger partial charge on any atom is 0.414 e. The van der Waals surface area contributed by atoms with Crippen molar-refractivity contribution in [3.05, 3.63) is 12.2 Å². The third kappa shape index (κ3) is 9.00. The van der Waals surface area contributed by atoms with Gasteiger partial charge in [0.15, 0.2) is 0 Å². The average molecular weight is 213 g/mol. The standard InChI is InChI=1S/C11H19NO3/c1-5-6-7-8-9(13)12-10(14)15-11(2,3)4/h7-8H,5-6H2,1-4H3,(H,12,13,14). The minimum atomic E-state index is -0.714. The van der Waals surface area contributed by atoms with Crippen LogP contribution in [-0.2, 0) is 9.53 Å². The number of carbonyl (C=O) groups is 2. The zero-order chi connectivity index (χ0) is 11.9. The lowest BCUT2D eigenvalue weighted by Gasteiger charge is -2.18. The van der Waals surface area contributed by atoms with E-state index in [1.54, 1.807) is 26.8 Å². The molecule has 1 N–H and O–H groups in total. The number of carbonyl (C=O) groups excluding carboxylic acids is 2. The van der Waals surface area contributed by atoms with Gasteiger partial charge in [0.2, 0.25) is 0 Å². The van der Waals surface area contributed by atoms with Crippen LogP contribution in [0.2, 0.25) is 0 Å². The number of allylic oxidation sites excluding steroid dienone is 1. The van der Waals surface area contributed by atoms with E-state index in [9.17, 15) is 9.59 Å². The average Bonchev–Trinajstić information content (AvgIpc) is 2.00. The fourth-order valence-electron chi connectivity index (χ4n) is 0.803. The number of rotatable bonds is 3. The number of hydrogen-bond acceptors (Lipinski definition) is 3. The van der Waals surface area contributed by atoms with E-state index in [1.165, 1.54) is 6.08 Å². The minimum Gasteiger partial charge on any atom is -0.444 e. The quantitative estimate of drug-likeness (QED) is 0.732. The smallest absolute Gasteiger partial charge is 0.414 e. The second-order valence-corrected chi connectivity index (χ2v) is 4.18. The van der Waals surface area contributed by atoms with Crippen molar-refractivity contribution in [1.82, 2.24) is 5.32 Å². The molecule has 0 aliphatic heterocycles. The minimum absolute atomic E-state index is 0.447.